The molecule has 1 N–H and O–H groups in total. The minimum atomic E-state index is -0.0927. The van der Waals surface area contributed by atoms with E-state index in [1.165, 1.54) is 18.4 Å². The van der Waals surface area contributed by atoms with E-state index < -0.39 is 0 Å². The smallest absolute Gasteiger partial charge is 0.126 e. The monoisotopic (exact) mass is 235 g/mol. The maximum absolute atomic E-state index is 13.2. The van der Waals surface area contributed by atoms with Gasteiger partial charge in [-0.1, -0.05) is 26.0 Å². The topological polar surface area (TPSA) is 12.0 Å². The summed E-state index contributed by atoms with van der Waals surface area (Å²) in [5.74, 6) is 1.26. The first kappa shape index (κ1) is 12.6. The lowest BCUT2D eigenvalue weighted by Gasteiger charge is -2.38. The first-order chi connectivity index (χ1) is 8.08. The molecule has 2 heteroatoms. The van der Waals surface area contributed by atoms with E-state index in [0.29, 0.717) is 12.0 Å². The first-order valence-corrected chi connectivity index (χ1v) is 6.57. The largest absolute Gasteiger partial charge is 0.314 e. The van der Waals surface area contributed by atoms with Gasteiger partial charge in [-0.3, -0.25) is 0 Å². The van der Waals surface area contributed by atoms with Crippen LogP contribution in [0.2, 0.25) is 0 Å². The molecule has 0 aromatic heterocycles. The second-order valence-electron chi connectivity index (χ2n) is 5.52. The van der Waals surface area contributed by atoms with E-state index >= 15 is 0 Å². The molecule has 0 aliphatic heterocycles. The molecule has 1 aromatic rings. The van der Waals surface area contributed by atoms with Crippen molar-refractivity contribution in [3.05, 3.63) is 35.1 Å². The molecule has 1 aliphatic rings. The van der Waals surface area contributed by atoms with Gasteiger partial charge in [-0.25, -0.2) is 4.39 Å². The minimum absolute atomic E-state index is 0.0927. The molecule has 17 heavy (non-hydrogen) atoms. The van der Waals surface area contributed by atoms with Crippen molar-refractivity contribution in [1.29, 1.82) is 0 Å². The standard InChI is InChI=1S/C15H22FN/c1-10(2)17-9-13-4-6-14(13)12-5-7-15(16)11(3)8-12/h5,7-8,10,13-14,17H,4,6,9H2,1-3H3. The molecule has 0 heterocycles. The number of nitrogens with one attached hydrogen (secondary N) is 1. The van der Waals surface area contributed by atoms with Crippen molar-refractivity contribution < 1.29 is 4.39 Å². The van der Waals surface area contributed by atoms with Gasteiger partial charge < -0.3 is 5.32 Å². The van der Waals surface area contributed by atoms with Crippen LogP contribution in [-0.2, 0) is 0 Å². The van der Waals surface area contributed by atoms with Gasteiger partial charge in [-0.05, 0) is 55.3 Å². The van der Waals surface area contributed by atoms with Crippen LogP contribution in [0.1, 0.15) is 43.7 Å². The third-order valence-corrected chi connectivity index (χ3v) is 3.82. The maximum atomic E-state index is 13.2. The molecule has 2 rings (SSSR count). The molecular weight excluding hydrogens is 213 g/mol. The molecule has 0 saturated heterocycles. The zero-order valence-corrected chi connectivity index (χ0v) is 11.0. The van der Waals surface area contributed by atoms with E-state index in [9.17, 15) is 4.39 Å². The van der Waals surface area contributed by atoms with E-state index in [2.05, 4.69) is 19.2 Å². The van der Waals surface area contributed by atoms with Gasteiger partial charge in [0.05, 0.1) is 0 Å². The molecule has 0 amide bonds. The van der Waals surface area contributed by atoms with Gasteiger partial charge in [0.15, 0.2) is 0 Å². The molecule has 1 aromatic carbocycles. The van der Waals surface area contributed by atoms with E-state index in [4.69, 9.17) is 0 Å². The Morgan fingerprint density at radius 2 is 2.12 bits per heavy atom. The molecule has 1 aliphatic carbocycles. The molecular formula is C15H22FN. The molecule has 2 atom stereocenters. The zero-order chi connectivity index (χ0) is 12.4. The summed E-state index contributed by atoms with van der Waals surface area (Å²) < 4.78 is 13.2. The highest BCUT2D eigenvalue weighted by atomic mass is 19.1. The SMILES string of the molecule is Cc1cc(C2CCC2CNC(C)C)ccc1F. The summed E-state index contributed by atoms with van der Waals surface area (Å²) in [7, 11) is 0. The van der Waals surface area contributed by atoms with E-state index in [1.54, 1.807) is 6.07 Å². The van der Waals surface area contributed by atoms with Crippen LogP contribution in [0.15, 0.2) is 18.2 Å². The summed E-state index contributed by atoms with van der Waals surface area (Å²) in [6.07, 6.45) is 2.54. The average Bonchev–Trinajstić information content (AvgIpc) is 2.21. The summed E-state index contributed by atoms with van der Waals surface area (Å²) in [4.78, 5) is 0. The van der Waals surface area contributed by atoms with Crippen LogP contribution in [0, 0.1) is 18.7 Å². The van der Waals surface area contributed by atoms with Crippen LogP contribution < -0.4 is 5.32 Å². The van der Waals surface area contributed by atoms with Crippen LogP contribution in [-0.4, -0.2) is 12.6 Å². The van der Waals surface area contributed by atoms with Crippen LogP contribution in [0.3, 0.4) is 0 Å². The Labute approximate surface area is 103 Å². The highest BCUT2D eigenvalue weighted by Crippen LogP contribution is 2.42. The molecule has 0 bridgehead atoms. The summed E-state index contributed by atoms with van der Waals surface area (Å²) in [6, 6.07) is 6.12. The fourth-order valence-corrected chi connectivity index (χ4v) is 2.54. The lowest BCUT2D eigenvalue weighted by Crippen LogP contribution is -2.36. The Hall–Kier alpha value is -0.890. The van der Waals surface area contributed by atoms with Gasteiger partial charge in [0.25, 0.3) is 0 Å². The lowest BCUT2D eigenvalue weighted by molar-refractivity contribution is 0.240. The van der Waals surface area contributed by atoms with Gasteiger partial charge in [-0.15, -0.1) is 0 Å². The zero-order valence-electron chi connectivity index (χ0n) is 11.0. The number of halogens is 1. The highest BCUT2D eigenvalue weighted by molar-refractivity contribution is 5.29. The van der Waals surface area contributed by atoms with Crippen LogP contribution in [0.25, 0.3) is 0 Å². The summed E-state index contributed by atoms with van der Waals surface area (Å²) in [5, 5.41) is 3.50. The highest BCUT2D eigenvalue weighted by Gasteiger charge is 2.31. The Kier molecular flexibility index (Phi) is 3.82. The summed E-state index contributed by atoms with van der Waals surface area (Å²) in [6.45, 7) is 7.28. The van der Waals surface area contributed by atoms with Crippen molar-refractivity contribution in [3.8, 4) is 0 Å². The quantitative estimate of drug-likeness (QED) is 0.840. The second-order valence-corrected chi connectivity index (χ2v) is 5.52. The lowest BCUT2D eigenvalue weighted by atomic mass is 9.69. The van der Waals surface area contributed by atoms with Crippen LogP contribution in [0.5, 0.6) is 0 Å². The van der Waals surface area contributed by atoms with Crippen molar-refractivity contribution in [3.63, 3.8) is 0 Å². The maximum Gasteiger partial charge on any atom is 0.126 e. The van der Waals surface area contributed by atoms with Gasteiger partial charge >= 0.3 is 0 Å². The molecule has 0 spiro atoms. The van der Waals surface area contributed by atoms with Crippen molar-refractivity contribution in [2.24, 2.45) is 5.92 Å². The Morgan fingerprint density at radius 3 is 2.65 bits per heavy atom. The average molecular weight is 235 g/mol. The van der Waals surface area contributed by atoms with E-state index in [1.807, 2.05) is 19.1 Å². The predicted molar refractivity (Wildman–Crippen MR) is 69.7 cm³/mol. The van der Waals surface area contributed by atoms with Crippen LogP contribution >= 0.6 is 0 Å². The molecule has 1 nitrogen and oxygen atoms in total. The molecule has 2 unspecified atom stereocenters. The normalized spacial score (nSPS) is 23.8. The third-order valence-electron chi connectivity index (χ3n) is 3.82. The van der Waals surface area contributed by atoms with Crippen molar-refractivity contribution in [1.82, 2.24) is 5.32 Å². The van der Waals surface area contributed by atoms with Gasteiger partial charge in [0.2, 0.25) is 0 Å². The van der Waals surface area contributed by atoms with Crippen molar-refractivity contribution in [2.75, 3.05) is 6.54 Å². The fraction of sp³-hybridized carbons (Fsp3) is 0.600. The summed E-state index contributed by atoms with van der Waals surface area (Å²) in [5.41, 5.74) is 2.08. The summed E-state index contributed by atoms with van der Waals surface area (Å²) >= 11 is 0. The third kappa shape index (κ3) is 2.86. The van der Waals surface area contributed by atoms with Crippen LogP contribution in [0.4, 0.5) is 4.39 Å². The number of hydrogen-bond acceptors (Lipinski definition) is 1. The van der Waals surface area contributed by atoms with E-state index in [0.717, 1.165) is 18.0 Å². The Balaban J connectivity index is 2.00. The van der Waals surface area contributed by atoms with Crippen molar-refractivity contribution >= 4 is 0 Å². The van der Waals surface area contributed by atoms with Gasteiger partial charge in [0, 0.05) is 6.04 Å². The van der Waals surface area contributed by atoms with Gasteiger partial charge in [-0.2, -0.15) is 0 Å². The molecule has 1 fully saturated rings. The number of benzene rings is 1. The second kappa shape index (κ2) is 5.18. The number of rotatable bonds is 4. The van der Waals surface area contributed by atoms with Crippen molar-refractivity contribution in [2.45, 2.75) is 45.6 Å². The fourth-order valence-electron chi connectivity index (χ4n) is 2.54. The molecule has 0 radical (unpaired) electrons. The predicted octanol–water partition coefficient (Wildman–Crippen LogP) is 3.63. The van der Waals surface area contributed by atoms with Gasteiger partial charge in [0.1, 0.15) is 5.82 Å². The number of aryl methyl sites for hydroxylation is 1. The molecule has 1 saturated carbocycles. The number of hydrogen-bond donors (Lipinski definition) is 1. The minimum Gasteiger partial charge on any atom is -0.314 e. The molecule has 94 valence electrons. The first-order valence-electron chi connectivity index (χ1n) is 6.57. The Bertz CT molecular complexity index is 387. The Morgan fingerprint density at radius 1 is 1.35 bits per heavy atom. The van der Waals surface area contributed by atoms with E-state index in [-0.39, 0.29) is 5.82 Å².